The van der Waals surface area contributed by atoms with E-state index < -0.39 is 0 Å². The molecule has 0 bridgehead atoms. The zero-order valence-electron chi connectivity index (χ0n) is 12.0. The fourth-order valence-corrected chi connectivity index (χ4v) is 3.30. The molecule has 3 rings (SSSR count). The fourth-order valence-electron chi connectivity index (χ4n) is 3.30. The summed E-state index contributed by atoms with van der Waals surface area (Å²) in [5, 5.41) is 4.32. The van der Waals surface area contributed by atoms with Gasteiger partial charge in [-0.3, -0.25) is 4.79 Å². The topological polar surface area (TPSA) is 44.9 Å². The lowest BCUT2D eigenvalue weighted by Crippen LogP contribution is -2.33. The predicted molar refractivity (Wildman–Crippen MR) is 81.3 cm³/mol. The van der Waals surface area contributed by atoms with Gasteiger partial charge in [-0.05, 0) is 36.5 Å². The highest BCUT2D eigenvalue weighted by molar-refractivity contribution is 5.84. The molecule has 1 heterocycles. The van der Waals surface area contributed by atoms with E-state index in [1.807, 2.05) is 12.3 Å². The number of fused-ring (bicyclic) bond motifs is 1. The number of H-pyrrole nitrogens is 1. The minimum absolute atomic E-state index is 0.212. The maximum atomic E-state index is 12.3. The average molecular weight is 270 g/mol. The lowest BCUT2D eigenvalue weighted by atomic mass is 9.82. The molecule has 1 saturated carbocycles. The van der Waals surface area contributed by atoms with E-state index in [4.69, 9.17) is 0 Å². The number of hydrogen-bond acceptors (Lipinski definition) is 1. The molecule has 1 aromatic carbocycles. The van der Waals surface area contributed by atoms with Crippen molar-refractivity contribution in [2.75, 3.05) is 0 Å². The van der Waals surface area contributed by atoms with Crippen molar-refractivity contribution in [1.29, 1.82) is 0 Å². The van der Waals surface area contributed by atoms with Crippen LogP contribution in [-0.2, 0) is 11.3 Å². The normalized spacial score (nSPS) is 22.9. The summed E-state index contributed by atoms with van der Waals surface area (Å²) in [6, 6.07) is 8.24. The molecule has 2 atom stereocenters. The van der Waals surface area contributed by atoms with Crippen LogP contribution in [0.1, 0.15) is 38.2 Å². The van der Waals surface area contributed by atoms with E-state index in [0.717, 1.165) is 18.4 Å². The van der Waals surface area contributed by atoms with Crippen molar-refractivity contribution in [3.8, 4) is 0 Å². The molecule has 1 aliphatic rings. The number of amides is 1. The third-order valence-corrected chi connectivity index (χ3v) is 4.45. The molecule has 1 amide bonds. The first-order chi connectivity index (χ1) is 9.74. The highest BCUT2D eigenvalue weighted by Gasteiger charge is 2.24. The third kappa shape index (κ3) is 2.72. The Balaban J connectivity index is 1.64. The standard InChI is InChI=1S/C17H22N2O/c1-12-4-2-5-13(10-12)17(20)19-11-14-6-3-7-16-15(14)8-9-18-16/h3,6-9,12-13,18H,2,4-5,10-11H2,1H3,(H,19,20)/t12-,13+/m1/s1. The van der Waals surface area contributed by atoms with E-state index in [0.29, 0.717) is 12.5 Å². The summed E-state index contributed by atoms with van der Waals surface area (Å²) in [6.07, 6.45) is 6.49. The summed E-state index contributed by atoms with van der Waals surface area (Å²) in [5.74, 6) is 1.13. The first-order valence-electron chi connectivity index (χ1n) is 7.56. The Morgan fingerprint density at radius 3 is 3.10 bits per heavy atom. The van der Waals surface area contributed by atoms with Gasteiger partial charge >= 0.3 is 0 Å². The minimum Gasteiger partial charge on any atom is -0.361 e. The van der Waals surface area contributed by atoms with Gasteiger partial charge in [-0.15, -0.1) is 0 Å². The van der Waals surface area contributed by atoms with Crippen LogP contribution in [0, 0.1) is 11.8 Å². The smallest absolute Gasteiger partial charge is 0.223 e. The summed E-state index contributed by atoms with van der Waals surface area (Å²) < 4.78 is 0. The van der Waals surface area contributed by atoms with Crippen molar-refractivity contribution in [1.82, 2.24) is 10.3 Å². The molecule has 0 radical (unpaired) electrons. The quantitative estimate of drug-likeness (QED) is 0.879. The maximum absolute atomic E-state index is 12.3. The van der Waals surface area contributed by atoms with Crippen LogP contribution in [0.5, 0.6) is 0 Å². The van der Waals surface area contributed by atoms with E-state index in [1.54, 1.807) is 0 Å². The molecule has 0 aliphatic heterocycles. The van der Waals surface area contributed by atoms with Gasteiger partial charge in [0.1, 0.15) is 0 Å². The highest BCUT2D eigenvalue weighted by atomic mass is 16.1. The lowest BCUT2D eigenvalue weighted by molar-refractivity contribution is -0.126. The van der Waals surface area contributed by atoms with Crippen LogP contribution in [0.4, 0.5) is 0 Å². The Morgan fingerprint density at radius 2 is 2.25 bits per heavy atom. The second-order valence-electron chi connectivity index (χ2n) is 6.04. The van der Waals surface area contributed by atoms with Gasteiger partial charge < -0.3 is 10.3 Å². The van der Waals surface area contributed by atoms with Crippen LogP contribution in [0.25, 0.3) is 10.9 Å². The van der Waals surface area contributed by atoms with Gasteiger partial charge in [-0.2, -0.15) is 0 Å². The van der Waals surface area contributed by atoms with Crippen LogP contribution < -0.4 is 5.32 Å². The van der Waals surface area contributed by atoms with Crippen molar-refractivity contribution in [2.24, 2.45) is 11.8 Å². The molecule has 1 fully saturated rings. The average Bonchev–Trinajstić information content (AvgIpc) is 2.93. The van der Waals surface area contributed by atoms with E-state index in [-0.39, 0.29) is 11.8 Å². The summed E-state index contributed by atoms with van der Waals surface area (Å²) in [7, 11) is 0. The van der Waals surface area contributed by atoms with Crippen molar-refractivity contribution in [3.63, 3.8) is 0 Å². The molecule has 1 aromatic heterocycles. The number of hydrogen-bond donors (Lipinski definition) is 2. The summed E-state index contributed by atoms with van der Waals surface area (Å²) in [5.41, 5.74) is 2.31. The van der Waals surface area contributed by atoms with E-state index in [1.165, 1.54) is 23.8 Å². The zero-order chi connectivity index (χ0) is 13.9. The van der Waals surface area contributed by atoms with Gasteiger partial charge in [0, 0.05) is 29.6 Å². The summed E-state index contributed by atoms with van der Waals surface area (Å²) in [6.45, 7) is 2.87. The third-order valence-electron chi connectivity index (χ3n) is 4.45. The maximum Gasteiger partial charge on any atom is 0.223 e. The number of aromatic amines is 1. The van der Waals surface area contributed by atoms with Gasteiger partial charge in [0.05, 0.1) is 0 Å². The lowest BCUT2D eigenvalue weighted by Gasteiger charge is -2.25. The van der Waals surface area contributed by atoms with Crippen LogP contribution in [0.2, 0.25) is 0 Å². The SMILES string of the molecule is C[C@@H]1CCC[C@H](C(=O)NCc2cccc3[nH]ccc23)C1. The van der Waals surface area contributed by atoms with Crippen molar-refractivity contribution in [3.05, 3.63) is 36.0 Å². The number of rotatable bonds is 3. The van der Waals surface area contributed by atoms with E-state index >= 15 is 0 Å². The first kappa shape index (κ1) is 13.2. The number of aromatic nitrogens is 1. The molecule has 0 saturated heterocycles. The summed E-state index contributed by atoms with van der Waals surface area (Å²) in [4.78, 5) is 15.5. The van der Waals surface area contributed by atoms with Crippen molar-refractivity contribution in [2.45, 2.75) is 39.2 Å². The van der Waals surface area contributed by atoms with Crippen LogP contribution in [0.3, 0.4) is 0 Å². The molecule has 2 aromatic rings. The Kier molecular flexibility index (Phi) is 3.77. The highest BCUT2D eigenvalue weighted by Crippen LogP contribution is 2.28. The largest absolute Gasteiger partial charge is 0.361 e. The molecular formula is C17H22N2O. The molecule has 1 aliphatic carbocycles. The van der Waals surface area contributed by atoms with Crippen LogP contribution in [0.15, 0.2) is 30.5 Å². The molecule has 20 heavy (non-hydrogen) atoms. The first-order valence-corrected chi connectivity index (χ1v) is 7.56. The molecular weight excluding hydrogens is 248 g/mol. The van der Waals surface area contributed by atoms with Crippen molar-refractivity contribution >= 4 is 16.8 Å². The zero-order valence-corrected chi connectivity index (χ0v) is 12.0. The molecule has 2 N–H and O–H groups in total. The van der Waals surface area contributed by atoms with Gasteiger partial charge in [-0.1, -0.05) is 31.9 Å². The number of nitrogens with one attached hydrogen (secondary N) is 2. The predicted octanol–water partition coefficient (Wildman–Crippen LogP) is 3.61. The van der Waals surface area contributed by atoms with Gasteiger partial charge in [-0.25, -0.2) is 0 Å². The number of carbonyl (C=O) groups excluding carboxylic acids is 1. The minimum atomic E-state index is 0.212. The monoisotopic (exact) mass is 270 g/mol. The summed E-state index contributed by atoms with van der Waals surface area (Å²) >= 11 is 0. The Morgan fingerprint density at radius 1 is 1.35 bits per heavy atom. The van der Waals surface area contributed by atoms with E-state index in [9.17, 15) is 4.79 Å². The Labute approximate surface area is 119 Å². The number of benzene rings is 1. The molecule has 0 unspecified atom stereocenters. The Hall–Kier alpha value is -1.77. The van der Waals surface area contributed by atoms with Crippen LogP contribution in [-0.4, -0.2) is 10.9 Å². The van der Waals surface area contributed by atoms with Gasteiger partial charge in [0.2, 0.25) is 5.91 Å². The van der Waals surface area contributed by atoms with E-state index in [2.05, 4.69) is 35.4 Å². The number of carbonyl (C=O) groups is 1. The Bertz CT molecular complexity index is 602. The molecule has 106 valence electrons. The van der Waals surface area contributed by atoms with Crippen molar-refractivity contribution < 1.29 is 4.79 Å². The van der Waals surface area contributed by atoms with Crippen LogP contribution >= 0.6 is 0 Å². The fraction of sp³-hybridized carbons (Fsp3) is 0.471. The van der Waals surface area contributed by atoms with Gasteiger partial charge in [0.15, 0.2) is 0 Å². The second kappa shape index (κ2) is 5.70. The molecule has 3 nitrogen and oxygen atoms in total. The van der Waals surface area contributed by atoms with Gasteiger partial charge in [0.25, 0.3) is 0 Å². The molecule has 0 spiro atoms. The second-order valence-corrected chi connectivity index (χ2v) is 6.04. The molecule has 3 heteroatoms.